The Kier molecular flexibility index (Phi) is 6.45. The average Bonchev–Trinajstić information content (AvgIpc) is 2.96. The smallest absolute Gasteiger partial charge is 0.337 e. The molecule has 188 valence electrons. The summed E-state index contributed by atoms with van der Waals surface area (Å²) in [6.45, 7) is 0. The predicted octanol–water partition coefficient (Wildman–Crippen LogP) is 5.52. The van der Waals surface area contributed by atoms with Gasteiger partial charge in [0.25, 0.3) is 0 Å². The van der Waals surface area contributed by atoms with Crippen molar-refractivity contribution in [2.45, 2.75) is 0 Å². The van der Waals surface area contributed by atoms with Gasteiger partial charge in [-0.25, -0.2) is 9.59 Å². The van der Waals surface area contributed by atoms with Crippen LogP contribution in [0.1, 0.15) is 52.6 Å². The van der Waals surface area contributed by atoms with E-state index in [4.69, 9.17) is 9.47 Å². The van der Waals surface area contributed by atoms with Crippen LogP contribution in [0, 0.1) is 0 Å². The van der Waals surface area contributed by atoms with Crippen molar-refractivity contribution in [3.05, 3.63) is 118 Å². The highest BCUT2D eigenvalue weighted by molar-refractivity contribution is 6.32. The molecule has 0 aliphatic heterocycles. The van der Waals surface area contributed by atoms with Crippen LogP contribution >= 0.6 is 0 Å². The Hall–Kier alpha value is -5.24. The van der Waals surface area contributed by atoms with E-state index in [0.717, 1.165) is 0 Å². The van der Waals surface area contributed by atoms with Crippen molar-refractivity contribution in [2.75, 3.05) is 24.9 Å². The van der Waals surface area contributed by atoms with E-state index in [1.54, 1.807) is 84.9 Å². The average molecular weight is 507 g/mol. The lowest BCUT2D eigenvalue weighted by molar-refractivity contribution is 0.0592. The number of hydrogen-bond donors (Lipinski definition) is 2. The van der Waals surface area contributed by atoms with E-state index in [1.165, 1.54) is 14.2 Å². The van der Waals surface area contributed by atoms with E-state index < -0.39 is 11.9 Å². The van der Waals surface area contributed by atoms with Crippen molar-refractivity contribution in [2.24, 2.45) is 0 Å². The summed E-state index contributed by atoms with van der Waals surface area (Å²) in [4.78, 5) is 50.9. The van der Waals surface area contributed by atoms with Crippen LogP contribution in [-0.2, 0) is 9.47 Å². The van der Waals surface area contributed by atoms with Gasteiger partial charge in [0.2, 0.25) is 0 Å². The third-order valence-electron chi connectivity index (χ3n) is 6.25. The van der Waals surface area contributed by atoms with Crippen LogP contribution in [0.2, 0.25) is 0 Å². The molecule has 0 bridgehead atoms. The Labute approximate surface area is 218 Å². The second-order valence-electron chi connectivity index (χ2n) is 8.50. The quantitative estimate of drug-likeness (QED) is 0.290. The lowest BCUT2D eigenvalue weighted by Gasteiger charge is -2.24. The first kappa shape index (κ1) is 24.5. The molecule has 0 saturated heterocycles. The molecule has 0 heterocycles. The third kappa shape index (κ3) is 4.39. The van der Waals surface area contributed by atoms with Gasteiger partial charge in [-0.2, -0.15) is 0 Å². The van der Waals surface area contributed by atoms with E-state index in [-0.39, 0.29) is 22.7 Å². The summed E-state index contributed by atoms with van der Waals surface area (Å²) in [5.41, 5.74) is 4.05. The predicted molar refractivity (Wildman–Crippen MR) is 142 cm³/mol. The van der Waals surface area contributed by atoms with E-state index >= 15 is 0 Å². The van der Waals surface area contributed by atoms with Crippen LogP contribution in [-0.4, -0.2) is 37.7 Å². The molecule has 0 saturated carbocycles. The Balaban J connectivity index is 1.56. The van der Waals surface area contributed by atoms with Gasteiger partial charge in [-0.15, -0.1) is 0 Å². The zero-order valence-corrected chi connectivity index (χ0v) is 20.5. The molecule has 0 amide bonds. The minimum atomic E-state index is -0.457. The Bertz CT molecular complexity index is 1470. The highest BCUT2D eigenvalue weighted by atomic mass is 16.5. The normalized spacial score (nSPS) is 11.7. The van der Waals surface area contributed by atoms with Crippen LogP contribution in [0.25, 0.3) is 0 Å². The summed E-state index contributed by atoms with van der Waals surface area (Å²) in [6, 6.07) is 23.4. The molecule has 1 aliphatic rings. The monoisotopic (exact) mass is 506 g/mol. The highest BCUT2D eigenvalue weighted by Crippen LogP contribution is 2.38. The number of rotatable bonds is 6. The molecule has 5 rings (SSSR count). The number of anilines is 4. The molecule has 0 radical (unpaired) electrons. The molecule has 4 aromatic carbocycles. The number of ketones is 2. The van der Waals surface area contributed by atoms with E-state index in [1.807, 2.05) is 0 Å². The number of ether oxygens (including phenoxy) is 2. The zero-order valence-electron chi connectivity index (χ0n) is 20.5. The summed E-state index contributed by atoms with van der Waals surface area (Å²) in [7, 11) is 2.62. The van der Waals surface area contributed by atoms with Crippen LogP contribution in [0.5, 0.6) is 0 Å². The van der Waals surface area contributed by atoms with Gasteiger partial charge in [0.15, 0.2) is 11.6 Å². The molecular formula is C30H22N2O6. The van der Waals surface area contributed by atoms with Crippen molar-refractivity contribution in [1.82, 2.24) is 0 Å². The number of hydrogen-bond acceptors (Lipinski definition) is 8. The molecule has 2 N–H and O–H groups in total. The fourth-order valence-electron chi connectivity index (χ4n) is 4.36. The zero-order chi connectivity index (χ0) is 26.8. The minimum Gasteiger partial charge on any atom is -0.465 e. The first-order valence-electron chi connectivity index (χ1n) is 11.7. The van der Waals surface area contributed by atoms with Crippen molar-refractivity contribution >= 4 is 46.3 Å². The van der Waals surface area contributed by atoms with Gasteiger partial charge < -0.3 is 20.1 Å². The standard InChI is InChI=1S/C30H22N2O6/c1-37-29(35)17-7-11-19(12-8-17)31-23-15-16-24(32-20-13-9-18(10-14-20)30(36)38-2)26-25(23)27(33)21-5-3-4-6-22(21)28(26)34/h3-16,31-32H,1-2H3. The molecule has 0 unspecified atom stereocenters. The number of carbonyl (C=O) groups excluding carboxylic acids is 4. The maximum Gasteiger partial charge on any atom is 0.337 e. The van der Waals surface area contributed by atoms with Gasteiger partial charge in [-0.05, 0) is 60.7 Å². The van der Waals surface area contributed by atoms with Gasteiger partial charge >= 0.3 is 11.9 Å². The number of methoxy groups -OCH3 is 2. The van der Waals surface area contributed by atoms with Gasteiger partial charge in [0.1, 0.15) is 0 Å². The Morgan fingerprint density at radius 2 is 0.921 bits per heavy atom. The topological polar surface area (TPSA) is 111 Å². The molecular weight excluding hydrogens is 484 g/mol. The minimum absolute atomic E-state index is 0.238. The van der Waals surface area contributed by atoms with Gasteiger partial charge in [0.05, 0.1) is 47.8 Å². The first-order valence-corrected chi connectivity index (χ1v) is 11.7. The maximum absolute atomic E-state index is 13.7. The summed E-state index contributed by atoms with van der Waals surface area (Å²) < 4.78 is 9.49. The molecule has 0 spiro atoms. The van der Waals surface area contributed by atoms with Crippen LogP contribution in [0.15, 0.2) is 84.9 Å². The second kappa shape index (κ2) is 10.0. The summed E-state index contributed by atoms with van der Waals surface area (Å²) in [5, 5.41) is 6.42. The summed E-state index contributed by atoms with van der Waals surface area (Å²) in [6.07, 6.45) is 0. The van der Waals surface area contributed by atoms with Crippen LogP contribution < -0.4 is 10.6 Å². The van der Waals surface area contributed by atoms with Crippen LogP contribution in [0.4, 0.5) is 22.7 Å². The SMILES string of the molecule is COC(=O)c1ccc(Nc2ccc(Nc3ccc(C(=O)OC)cc3)c3c2C(=O)c2ccccc2C3=O)cc1. The number of carbonyl (C=O) groups is 4. The molecule has 0 atom stereocenters. The number of fused-ring (bicyclic) bond motifs is 2. The van der Waals surface area contributed by atoms with E-state index in [0.29, 0.717) is 45.0 Å². The van der Waals surface area contributed by atoms with Crippen LogP contribution in [0.3, 0.4) is 0 Å². The van der Waals surface area contributed by atoms with Gasteiger partial charge in [-0.1, -0.05) is 24.3 Å². The fourth-order valence-corrected chi connectivity index (χ4v) is 4.36. The lowest BCUT2D eigenvalue weighted by atomic mass is 9.82. The molecule has 0 aromatic heterocycles. The molecule has 38 heavy (non-hydrogen) atoms. The molecule has 4 aromatic rings. The van der Waals surface area contributed by atoms with Crippen molar-refractivity contribution in [3.8, 4) is 0 Å². The molecule has 8 nitrogen and oxygen atoms in total. The van der Waals surface area contributed by atoms with Gasteiger partial charge in [0, 0.05) is 22.5 Å². The van der Waals surface area contributed by atoms with Crippen molar-refractivity contribution in [1.29, 1.82) is 0 Å². The number of nitrogens with one attached hydrogen (secondary N) is 2. The Morgan fingerprint density at radius 1 is 0.553 bits per heavy atom. The summed E-state index contributed by atoms with van der Waals surface area (Å²) in [5.74, 6) is -1.48. The van der Waals surface area contributed by atoms with Gasteiger partial charge in [-0.3, -0.25) is 9.59 Å². The van der Waals surface area contributed by atoms with E-state index in [9.17, 15) is 19.2 Å². The third-order valence-corrected chi connectivity index (χ3v) is 6.25. The highest BCUT2D eigenvalue weighted by Gasteiger charge is 2.34. The summed E-state index contributed by atoms with van der Waals surface area (Å²) >= 11 is 0. The lowest BCUT2D eigenvalue weighted by Crippen LogP contribution is -2.23. The van der Waals surface area contributed by atoms with E-state index in [2.05, 4.69) is 10.6 Å². The Morgan fingerprint density at radius 3 is 1.26 bits per heavy atom. The van der Waals surface area contributed by atoms with Crippen molar-refractivity contribution < 1.29 is 28.7 Å². The maximum atomic E-state index is 13.7. The largest absolute Gasteiger partial charge is 0.465 e. The molecule has 8 heteroatoms. The second-order valence-corrected chi connectivity index (χ2v) is 8.50. The number of esters is 2. The molecule has 1 aliphatic carbocycles. The first-order chi connectivity index (χ1) is 18.4. The fraction of sp³-hybridized carbons (Fsp3) is 0.0667. The molecule has 0 fully saturated rings. The number of benzene rings is 4. The van der Waals surface area contributed by atoms with Crippen molar-refractivity contribution in [3.63, 3.8) is 0 Å².